The molecule has 5 heteroatoms. The summed E-state index contributed by atoms with van der Waals surface area (Å²) in [6.45, 7) is 9.86. The van der Waals surface area contributed by atoms with Gasteiger partial charge in [-0.05, 0) is 67.9 Å². The van der Waals surface area contributed by atoms with Crippen LogP contribution in [0.2, 0.25) is 0 Å². The third kappa shape index (κ3) is 8.83. The van der Waals surface area contributed by atoms with Crippen LogP contribution in [0, 0.1) is 0 Å². The fraction of sp³-hybridized carbons (Fsp3) is 0.481. The first-order chi connectivity index (χ1) is 15.6. The molecule has 2 amide bonds. The van der Waals surface area contributed by atoms with Gasteiger partial charge in [-0.3, -0.25) is 9.59 Å². The summed E-state index contributed by atoms with van der Waals surface area (Å²) in [5, 5.41) is 5.85. The molecule has 0 aliphatic carbocycles. The van der Waals surface area contributed by atoms with Gasteiger partial charge < -0.3 is 15.5 Å². The second-order valence-corrected chi connectivity index (χ2v) is 8.18. The molecule has 2 N–H and O–H groups in total. The van der Waals surface area contributed by atoms with Crippen LogP contribution >= 0.6 is 0 Å². The summed E-state index contributed by atoms with van der Waals surface area (Å²) in [5.41, 5.74) is 3.17. The predicted octanol–water partition coefficient (Wildman–Crippen LogP) is 5.52. The zero-order valence-corrected chi connectivity index (χ0v) is 20.0. The van der Waals surface area contributed by atoms with Crippen LogP contribution in [0.3, 0.4) is 0 Å². The van der Waals surface area contributed by atoms with Crippen molar-refractivity contribution >= 4 is 17.5 Å². The lowest BCUT2D eigenvalue weighted by Gasteiger charge is -2.18. The molecule has 0 spiro atoms. The summed E-state index contributed by atoms with van der Waals surface area (Å²) < 4.78 is 0. The molecule has 2 aromatic rings. The lowest BCUT2D eigenvalue weighted by molar-refractivity contribution is 0.0948. The van der Waals surface area contributed by atoms with E-state index in [-0.39, 0.29) is 11.8 Å². The van der Waals surface area contributed by atoms with E-state index < -0.39 is 0 Å². The van der Waals surface area contributed by atoms with Crippen LogP contribution in [-0.2, 0) is 6.42 Å². The Labute approximate surface area is 193 Å². The molecule has 0 aliphatic heterocycles. The van der Waals surface area contributed by atoms with Crippen molar-refractivity contribution in [3.05, 3.63) is 65.2 Å². The van der Waals surface area contributed by atoms with Crippen molar-refractivity contribution in [2.45, 2.75) is 59.3 Å². The number of likely N-dealkylation sites (N-methyl/N-ethyl adjacent to an activating group) is 1. The number of anilines is 1. The topological polar surface area (TPSA) is 61.4 Å². The molecule has 0 radical (unpaired) electrons. The van der Waals surface area contributed by atoms with E-state index in [0.717, 1.165) is 26.1 Å². The fourth-order valence-electron chi connectivity index (χ4n) is 3.63. The molecule has 0 atom stereocenters. The van der Waals surface area contributed by atoms with Gasteiger partial charge in [-0.1, -0.05) is 58.6 Å². The van der Waals surface area contributed by atoms with Crippen LogP contribution in [-0.4, -0.2) is 42.9 Å². The maximum Gasteiger partial charge on any atom is 0.255 e. The lowest BCUT2D eigenvalue weighted by Crippen LogP contribution is -2.34. The van der Waals surface area contributed by atoms with Crippen molar-refractivity contribution in [2.24, 2.45) is 0 Å². The summed E-state index contributed by atoms with van der Waals surface area (Å²) in [6.07, 6.45) is 7.39. The number of aryl methyl sites for hydroxylation is 1. The monoisotopic (exact) mass is 437 g/mol. The number of rotatable bonds is 14. The van der Waals surface area contributed by atoms with Gasteiger partial charge in [-0.25, -0.2) is 0 Å². The van der Waals surface area contributed by atoms with Crippen molar-refractivity contribution in [3.63, 3.8) is 0 Å². The van der Waals surface area contributed by atoms with Crippen LogP contribution in [0.5, 0.6) is 0 Å². The molecule has 0 aromatic heterocycles. The van der Waals surface area contributed by atoms with Crippen LogP contribution < -0.4 is 10.6 Å². The molecular formula is C27H39N3O2. The van der Waals surface area contributed by atoms with Gasteiger partial charge >= 0.3 is 0 Å². The van der Waals surface area contributed by atoms with Gasteiger partial charge in [0.15, 0.2) is 0 Å². The van der Waals surface area contributed by atoms with E-state index in [2.05, 4.69) is 36.3 Å². The quantitative estimate of drug-likeness (QED) is 0.382. The minimum absolute atomic E-state index is 0.0969. The van der Waals surface area contributed by atoms with E-state index in [9.17, 15) is 9.59 Å². The molecule has 0 fully saturated rings. The van der Waals surface area contributed by atoms with Gasteiger partial charge in [0.05, 0.1) is 0 Å². The normalized spacial score (nSPS) is 10.9. The number of carbonyl (C=O) groups is 2. The molecule has 0 saturated heterocycles. The molecular weight excluding hydrogens is 398 g/mol. The molecule has 32 heavy (non-hydrogen) atoms. The molecule has 0 saturated carbocycles. The number of hydrogen-bond acceptors (Lipinski definition) is 3. The molecule has 2 rings (SSSR count). The number of nitrogens with zero attached hydrogens (tertiary/aromatic N) is 1. The highest BCUT2D eigenvalue weighted by Gasteiger charge is 2.09. The Morgan fingerprint density at radius 1 is 0.750 bits per heavy atom. The molecule has 0 aliphatic rings. The van der Waals surface area contributed by atoms with E-state index in [0.29, 0.717) is 23.4 Å². The highest BCUT2D eigenvalue weighted by Crippen LogP contribution is 2.14. The first-order valence-electron chi connectivity index (χ1n) is 12.1. The van der Waals surface area contributed by atoms with Crippen molar-refractivity contribution in [2.75, 3.05) is 31.5 Å². The molecule has 0 unspecified atom stereocenters. The third-order valence-corrected chi connectivity index (χ3v) is 5.80. The summed E-state index contributed by atoms with van der Waals surface area (Å²) in [4.78, 5) is 27.1. The average Bonchev–Trinajstić information content (AvgIpc) is 2.82. The summed E-state index contributed by atoms with van der Waals surface area (Å²) in [7, 11) is 0. The van der Waals surface area contributed by atoms with Crippen LogP contribution in [0.4, 0.5) is 5.69 Å². The first kappa shape index (κ1) is 25.6. The smallest absolute Gasteiger partial charge is 0.255 e. The summed E-state index contributed by atoms with van der Waals surface area (Å²) >= 11 is 0. The first-order valence-corrected chi connectivity index (χ1v) is 12.1. The Morgan fingerprint density at radius 2 is 1.34 bits per heavy atom. The lowest BCUT2D eigenvalue weighted by atomic mass is 10.0. The highest BCUT2D eigenvalue weighted by atomic mass is 16.2. The minimum Gasteiger partial charge on any atom is -0.351 e. The zero-order valence-electron chi connectivity index (χ0n) is 20.0. The van der Waals surface area contributed by atoms with Crippen molar-refractivity contribution in [1.82, 2.24) is 10.2 Å². The van der Waals surface area contributed by atoms with E-state index in [4.69, 9.17) is 0 Å². The number of nitrogens with one attached hydrogen (secondary N) is 2. The Bertz CT molecular complexity index is 812. The predicted molar refractivity (Wildman–Crippen MR) is 133 cm³/mol. The second kappa shape index (κ2) is 14.4. The maximum absolute atomic E-state index is 12.5. The highest BCUT2D eigenvalue weighted by molar-refractivity contribution is 6.04. The fourth-order valence-corrected chi connectivity index (χ4v) is 3.63. The number of carbonyl (C=O) groups excluding carboxylic acids is 2. The maximum atomic E-state index is 12.5. The number of amides is 2. The van der Waals surface area contributed by atoms with E-state index in [1.54, 1.807) is 24.3 Å². The molecule has 2 aromatic carbocycles. The standard InChI is InChI=1S/C27H39N3O2/c1-4-7-8-9-10-11-22-12-14-24(15-13-22)27(32)29-25-18-16-23(17-19-25)26(31)28-20-21-30(5-2)6-3/h12-19H,4-11,20-21H2,1-3H3,(H,28,31)(H,29,32). The average molecular weight is 438 g/mol. The Morgan fingerprint density at radius 3 is 1.97 bits per heavy atom. The SMILES string of the molecule is CCCCCCCc1ccc(C(=O)Nc2ccc(C(=O)NCCN(CC)CC)cc2)cc1. The molecule has 0 bridgehead atoms. The number of benzene rings is 2. The van der Waals surface area contributed by atoms with Crippen molar-refractivity contribution in [3.8, 4) is 0 Å². The van der Waals surface area contributed by atoms with Gasteiger partial charge in [-0.15, -0.1) is 0 Å². The van der Waals surface area contributed by atoms with Gasteiger partial charge in [-0.2, -0.15) is 0 Å². The number of hydrogen-bond donors (Lipinski definition) is 2. The van der Waals surface area contributed by atoms with Crippen molar-refractivity contribution in [1.29, 1.82) is 0 Å². The third-order valence-electron chi connectivity index (χ3n) is 5.80. The summed E-state index contributed by atoms with van der Waals surface area (Å²) in [6, 6.07) is 14.9. The van der Waals surface area contributed by atoms with Crippen LogP contribution in [0.1, 0.15) is 79.2 Å². The van der Waals surface area contributed by atoms with E-state index in [1.165, 1.54) is 37.7 Å². The van der Waals surface area contributed by atoms with E-state index >= 15 is 0 Å². The molecule has 0 heterocycles. The Balaban J connectivity index is 1.80. The Hall–Kier alpha value is -2.66. The number of unbranched alkanes of at least 4 members (excludes halogenated alkanes) is 4. The minimum atomic E-state index is -0.143. The molecule has 174 valence electrons. The van der Waals surface area contributed by atoms with Crippen LogP contribution in [0.25, 0.3) is 0 Å². The zero-order chi connectivity index (χ0) is 23.2. The summed E-state index contributed by atoms with van der Waals surface area (Å²) in [5.74, 6) is -0.240. The van der Waals surface area contributed by atoms with Crippen LogP contribution in [0.15, 0.2) is 48.5 Å². The van der Waals surface area contributed by atoms with Gasteiger partial charge in [0, 0.05) is 29.9 Å². The Kier molecular flexibility index (Phi) is 11.5. The van der Waals surface area contributed by atoms with Gasteiger partial charge in [0.25, 0.3) is 11.8 Å². The molecule has 5 nitrogen and oxygen atoms in total. The van der Waals surface area contributed by atoms with Gasteiger partial charge in [0.1, 0.15) is 0 Å². The van der Waals surface area contributed by atoms with Gasteiger partial charge in [0.2, 0.25) is 0 Å². The second-order valence-electron chi connectivity index (χ2n) is 8.18. The van der Waals surface area contributed by atoms with E-state index in [1.807, 2.05) is 24.3 Å². The largest absolute Gasteiger partial charge is 0.351 e. The van der Waals surface area contributed by atoms with Crippen molar-refractivity contribution < 1.29 is 9.59 Å².